The summed E-state index contributed by atoms with van der Waals surface area (Å²) in [6.45, 7) is 2.16. The largest absolute Gasteiger partial charge is 0.493 e. The van der Waals surface area contributed by atoms with Crippen molar-refractivity contribution < 1.29 is 19.1 Å². The molecular formula is C20H23ClN2O4. The van der Waals surface area contributed by atoms with Crippen molar-refractivity contribution >= 4 is 23.7 Å². The average Bonchev–Trinajstić information content (AvgIpc) is 2.67. The summed E-state index contributed by atoms with van der Waals surface area (Å²) in [6, 6.07) is 13.1. The summed E-state index contributed by atoms with van der Waals surface area (Å²) in [5.74, 6) is 0.767. The third-order valence-electron chi connectivity index (χ3n) is 3.86. The maximum atomic E-state index is 12.4. The van der Waals surface area contributed by atoms with Gasteiger partial charge >= 0.3 is 0 Å². The average molecular weight is 391 g/mol. The number of likely N-dealkylation sites (N-methyl/N-ethyl adjacent to an activating group) is 1. The van der Waals surface area contributed by atoms with Gasteiger partial charge in [0.2, 0.25) is 6.10 Å². The number of rotatable bonds is 8. The van der Waals surface area contributed by atoms with Gasteiger partial charge in [0.15, 0.2) is 11.5 Å². The first kappa shape index (κ1) is 20.6. The van der Waals surface area contributed by atoms with Crippen molar-refractivity contribution in [1.29, 1.82) is 0 Å². The van der Waals surface area contributed by atoms with Crippen LogP contribution < -0.4 is 9.47 Å². The molecule has 0 aromatic heterocycles. The van der Waals surface area contributed by atoms with Gasteiger partial charge in [-0.25, -0.2) is 0 Å². The molecule has 2 rings (SSSR count). The monoisotopic (exact) mass is 390 g/mol. The molecule has 0 N–H and O–H groups in total. The number of methoxy groups -OCH3 is 2. The summed E-state index contributed by atoms with van der Waals surface area (Å²) in [4.78, 5) is 19.3. The molecule has 0 aliphatic rings. The number of ether oxygens (including phenoxy) is 2. The lowest BCUT2D eigenvalue weighted by atomic mass is 10.2. The highest BCUT2D eigenvalue weighted by Gasteiger charge is 2.19. The first-order valence-corrected chi connectivity index (χ1v) is 8.73. The van der Waals surface area contributed by atoms with Crippen molar-refractivity contribution in [3.63, 3.8) is 0 Å². The molecule has 0 radical (unpaired) electrons. The van der Waals surface area contributed by atoms with Gasteiger partial charge in [0.1, 0.15) is 0 Å². The Hall–Kier alpha value is -2.73. The quantitative estimate of drug-likeness (QED) is 0.508. The van der Waals surface area contributed by atoms with Crippen LogP contribution in [-0.4, -0.2) is 44.4 Å². The van der Waals surface area contributed by atoms with E-state index in [2.05, 4.69) is 5.16 Å². The van der Waals surface area contributed by atoms with Gasteiger partial charge in [0, 0.05) is 19.2 Å². The molecule has 27 heavy (non-hydrogen) atoms. The molecule has 0 saturated heterocycles. The fourth-order valence-electron chi connectivity index (χ4n) is 2.49. The highest BCUT2D eigenvalue weighted by molar-refractivity contribution is 6.32. The molecule has 1 atom stereocenters. The van der Waals surface area contributed by atoms with E-state index < -0.39 is 6.10 Å². The maximum Gasteiger partial charge on any atom is 0.266 e. The normalized spacial score (nSPS) is 11.9. The first-order chi connectivity index (χ1) is 13.0. The Kier molecular flexibility index (Phi) is 7.49. The minimum atomic E-state index is -0.717. The van der Waals surface area contributed by atoms with Crippen molar-refractivity contribution in [3.05, 3.63) is 58.6 Å². The Morgan fingerprint density at radius 3 is 2.56 bits per heavy atom. The topological polar surface area (TPSA) is 60.4 Å². The van der Waals surface area contributed by atoms with E-state index in [1.165, 1.54) is 20.4 Å². The van der Waals surface area contributed by atoms with Crippen LogP contribution in [0.2, 0.25) is 5.02 Å². The van der Waals surface area contributed by atoms with E-state index >= 15 is 0 Å². The van der Waals surface area contributed by atoms with E-state index in [1.54, 1.807) is 31.0 Å². The third kappa shape index (κ3) is 5.62. The van der Waals surface area contributed by atoms with Gasteiger partial charge in [-0.15, -0.1) is 0 Å². The summed E-state index contributed by atoms with van der Waals surface area (Å²) < 4.78 is 10.4. The van der Waals surface area contributed by atoms with Crippen LogP contribution in [0.15, 0.2) is 47.6 Å². The summed E-state index contributed by atoms with van der Waals surface area (Å²) in [5.41, 5.74) is 1.71. The summed E-state index contributed by atoms with van der Waals surface area (Å²) >= 11 is 6.16. The fourth-order valence-corrected chi connectivity index (χ4v) is 2.78. The van der Waals surface area contributed by atoms with Crippen LogP contribution >= 0.6 is 11.6 Å². The number of hydrogen-bond donors (Lipinski definition) is 0. The van der Waals surface area contributed by atoms with Crippen molar-refractivity contribution in [3.8, 4) is 11.5 Å². The molecular weight excluding hydrogens is 368 g/mol. The van der Waals surface area contributed by atoms with Crippen LogP contribution in [0.4, 0.5) is 0 Å². The number of benzene rings is 2. The number of nitrogens with zero attached hydrogens (tertiary/aromatic N) is 2. The molecule has 0 heterocycles. The fraction of sp³-hybridized carbons (Fsp3) is 0.300. The van der Waals surface area contributed by atoms with Crippen LogP contribution in [0, 0.1) is 0 Å². The van der Waals surface area contributed by atoms with E-state index in [9.17, 15) is 4.79 Å². The van der Waals surface area contributed by atoms with Crippen LogP contribution in [0.1, 0.15) is 18.1 Å². The minimum Gasteiger partial charge on any atom is -0.493 e. The van der Waals surface area contributed by atoms with E-state index in [4.69, 9.17) is 25.9 Å². The maximum absolute atomic E-state index is 12.4. The zero-order valence-electron chi connectivity index (χ0n) is 15.8. The first-order valence-electron chi connectivity index (χ1n) is 8.36. The number of halogens is 1. The second-order valence-corrected chi connectivity index (χ2v) is 6.31. The zero-order valence-corrected chi connectivity index (χ0v) is 16.6. The molecule has 0 unspecified atom stereocenters. The molecule has 0 spiro atoms. The van der Waals surface area contributed by atoms with Gasteiger partial charge in [0.25, 0.3) is 5.91 Å². The summed E-state index contributed by atoms with van der Waals surface area (Å²) in [5, 5.41) is 4.29. The predicted octanol–water partition coefficient (Wildman–Crippen LogP) is 3.75. The van der Waals surface area contributed by atoms with Crippen molar-refractivity contribution in [2.24, 2.45) is 5.16 Å². The van der Waals surface area contributed by atoms with E-state index in [1.807, 2.05) is 30.3 Å². The highest BCUT2D eigenvalue weighted by Crippen LogP contribution is 2.35. The summed E-state index contributed by atoms with van der Waals surface area (Å²) in [6.07, 6.45) is 0.750. The number of oxime groups is 1. The Morgan fingerprint density at radius 1 is 1.22 bits per heavy atom. The van der Waals surface area contributed by atoms with Gasteiger partial charge in [-0.2, -0.15) is 0 Å². The Balaban J connectivity index is 1.97. The lowest BCUT2D eigenvalue weighted by molar-refractivity contribution is -0.141. The van der Waals surface area contributed by atoms with Crippen molar-refractivity contribution in [2.45, 2.75) is 19.6 Å². The SMILES string of the molecule is COc1cc(/C=N\O[C@@H](C)C(=O)N(C)Cc2ccccc2)cc(Cl)c1OC. The van der Waals surface area contributed by atoms with Crippen LogP contribution in [-0.2, 0) is 16.2 Å². The summed E-state index contributed by atoms with van der Waals surface area (Å²) in [7, 11) is 4.77. The molecule has 0 aliphatic carbocycles. The standard InChI is InChI=1S/C20H23ClN2O4/c1-14(20(24)23(2)13-15-8-6-5-7-9-15)27-22-12-16-10-17(21)19(26-4)18(11-16)25-3/h5-12,14H,13H2,1-4H3/b22-12-/t14-/m0/s1. The molecule has 7 heteroatoms. The van der Waals surface area contributed by atoms with Crippen LogP contribution in [0.25, 0.3) is 0 Å². The number of carbonyl (C=O) groups excluding carboxylic acids is 1. The smallest absolute Gasteiger partial charge is 0.266 e. The second-order valence-electron chi connectivity index (χ2n) is 5.90. The van der Waals surface area contributed by atoms with E-state index in [0.29, 0.717) is 28.6 Å². The molecule has 144 valence electrons. The lowest BCUT2D eigenvalue weighted by Crippen LogP contribution is -2.35. The molecule has 0 bridgehead atoms. The number of carbonyl (C=O) groups is 1. The Labute approximate surface area is 164 Å². The molecule has 0 fully saturated rings. The van der Waals surface area contributed by atoms with Gasteiger partial charge in [-0.05, 0) is 24.6 Å². The van der Waals surface area contributed by atoms with Gasteiger partial charge in [-0.1, -0.05) is 47.1 Å². The van der Waals surface area contributed by atoms with Crippen molar-refractivity contribution in [1.82, 2.24) is 4.90 Å². The predicted molar refractivity (Wildman–Crippen MR) is 106 cm³/mol. The van der Waals surface area contributed by atoms with Crippen LogP contribution in [0.3, 0.4) is 0 Å². The molecule has 2 aromatic carbocycles. The van der Waals surface area contributed by atoms with E-state index in [0.717, 1.165) is 5.56 Å². The number of amides is 1. The van der Waals surface area contributed by atoms with E-state index in [-0.39, 0.29) is 5.91 Å². The molecule has 1 amide bonds. The molecule has 6 nitrogen and oxygen atoms in total. The molecule has 0 saturated carbocycles. The Morgan fingerprint density at radius 2 is 1.93 bits per heavy atom. The molecule has 2 aromatic rings. The zero-order chi connectivity index (χ0) is 19.8. The Bertz CT molecular complexity index is 796. The van der Waals surface area contributed by atoms with Gasteiger partial charge < -0.3 is 19.2 Å². The van der Waals surface area contributed by atoms with Gasteiger partial charge in [0.05, 0.1) is 25.5 Å². The highest BCUT2D eigenvalue weighted by atomic mass is 35.5. The third-order valence-corrected chi connectivity index (χ3v) is 4.14. The number of hydrogen-bond acceptors (Lipinski definition) is 5. The van der Waals surface area contributed by atoms with Crippen molar-refractivity contribution in [2.75, 3.05) is 21.3 Å². The lowest BCUT2D eigenvalue weighted by Gasteiger charge is -2.20. The van der Waals surface area contributed by atoms with Gasteiger partial charge in [-0.3, -0.25) is 4.79 Å². The molecule has 0 aliphatic heterocycles. The van der Waals surface area contributed by atoms with Crippen LogP contribution in [0.5, 0.6) is 11.5 Å². The second kappa shape index (κ2) is 9.83. The minimum absolute atomic E-state index is 0.165.